The molecule has 2 rings (SSSR count). The van der Waals surface area contributed by atoms with Gasteiger partial charge in [-0.25, -0.2) is 0 Å². The van der Waals surface area contributed by atoms with Crippen LogP contribution >= 0.6 is 15.9 Å². The minimum absolute atomic E-state index is 0.0838. The van der Waals surface area contributed by atoms with Crippen molar-refractivity contribution in [1.29, 1.82) is 0 Å². The third-order valence-electron chi connectivity index (χ3n) is 2.92. The molecule has 1 aromatic carbocycles. The number of hydrogen-bond acceptors (Lipinski definition) is 3. The zero-order valence-corrected chi connectivity index (χ0v) is 11.2. The molecule has 0 aromatic heterocycles. The summed E-state index contributed by atoms with van der Waals surface area (Å²) >= 11 is 3.39. The van der Waals surface area contributed by atoms with E-state index < -0.39 is 5.54 Å². The number of nitrogens with one attached hydrogen (secondary N) is 1. The summed E-state index contributed by atoms with van der Waals surface area (Å²) in [4.78, 5) is 11.7. The fourth-order valence-corrected chi connectivity index (χ4v) is 2.01. The first-order chi connectivity index (χ1) is 8.05. The number of rotatable bonds is 4. The maximum atomic E-state index is 11.7. The van der Waals surface area contributed by atoms with Crippen LogP contribution in [0.4, 0.5) is 0 Å². The topological polar surface area (TPSA) is 64.3 Å². The summed E-state index contributed by atoms with van der Waals surface area (Å²) in [5.74, 6) is 0.676. The van der Waals surface area contributed by atoms with E-state index in [-0.39, 0.29) is 5.91 Å². The van der Waals surface area contributed by atoms with E-state index >= 15 is 0 Å². The first-order valence-electron chi connectivity index (χ1n) is 5.45. The van der Waals surface area contributed by atoms with Gasteiger partial charge in [0.25, 0.3) is 0 Å². The van der Waals surface area contributed by atoms with Crippen LogP contribution in [0.2, 0.25) is 0 Å². The maximum absolute atomic E-state index is 11.7. The second-order valence-corrected chi connectivity index (χ2v) is 5.21. The average molecular weight is 299 g/mol. The van der Waals surface area contributed by atoms with E-state index in [1.54, 1.807) is 7.11 Å². The van der Waals surface area contributed by atoms with E-state index in [0.29, 0.717) is 6.54 Å². The lowest BCUT2D eigenvalue weighted by atomic mass is 10.2. The number of methoxy groups -OCH3 is 1. The Kier molecular flexibility index (Phi) is 3.40. The highest BCUT2D eigenvalue weighted by atomic mass is 79.9. The molecule has 5 heteroatoms. The number of ether oxygens (including phenoxy) is 1. The quantitative estimate of drug-likeness (QED) is 0.887. The SMILES string of the molecule is COc1ccc(Br)cc1CNC(=O)C1(N)CC1. The summed E-state index contributed by atoms with van der Waals surface area (Å²) in [6, 6.07) is 5.69. The fraction of sp³-hybridized carbons (Fsp3) is 0.417. The molecule has 0 aliphatic heterocycles. The van der Waals surface area contributed by atoms with Gasteiger partial charge >= 0.3 is 0 Å². The van der Waals surface area contributed by atoms with E-state index in [2.05, 4.69) is 21.2 Å². The predicted octanol–water partition coefficient (Wildman–Crippen LogP) is 1.57. The second-order valence-electron chi connectivity index (χ2n) is 4.29. The Balaban J connectivity index is 2.03. The van der Waals surface area contributed by atoms with Crippen LogP contribution in [-0.2, 0) is 11.3 Å². The van der Waals surface area contributed by atoms with Gasteiger partial charge in [-0.3, -0.25) is 4.79 Å². The summed E-state index contributed by atoms with van der Waals surface area (Å²) < 4.78 is 6.19. The molecule has 17 heavy (non-hydrogen) atoms. The summed E-state index contributed by atoms with van der Waals surface area (Å²) in [6.07, 6.45) is 1.54. The predicted molar refractivity (Wildman–Crippen MR) is 68.7 cm³/mol. The smallest absolute Gasteiger partial charge is 0.240 e. The van der Waals surface area contributed by atoms with Crippen LogP contribution in [0.25, 0.3) is 0 Å². The molecular weight excluding hydrogens is 284 g/mol. The van der Waals surface area contributed by atoms with E-state index in [9.17, 15) is 4.79 Å². The Morgan fingerprint density at radius 1 is 1.59 bits per heavy atom. The molecule has 1 aromatic rings. The molecule has 0 unspecified atom stereocenters. The number of amides is 1. The lowest BCUT2D eigenvalue weighted by Crippen LogP contribution is -2.42. The van der Waals surface area contributed by atoms with Crippen molar-refractivity contribution in [2.75, 3.05) is 7.11 Å². The molecule has 0 saturated heterocycles. The molecule has 3 N–H and O–H groups in total. The van der Waals surface area contributed by atoms with Gasteiger partial charge in [-0.1, -0.05) is 15.9 Å². The normalized spacial score (nSPS) is 16.4. The van der Waals surface area contributed by atoms with Crippen LogP contribution in [0.15, 0.2) is 22.7 Å². The summed E-state index contributed by atoms with van der Waals surface area (Å²) in [5.41, 5.74) is 6.11. The molecule has 1 aliphatic rings. The third kappa shape index (κ3) is 2.79. The van der Waals surface area contributed by atoms with Crippen molar-refractivity contribution in [2.24, 2.45) is 5.73 Å². The Morgan fingerprint density at radius 2 is 2.29 bits per heavy atom. The number of carbonyl (C=O) groups excluding carboxylic acids is 1. The van der Waals surface area contributed by atoms with E-state index in [1.165, 1.54) is 0 Å². The Labute approximate surface area is 109 Å². The molecule has 1 fully saturated rings. The van der Waals surface area contributed by atoms with E-state index in [0.717, 1.165) is 28.6 Å². The summed E-state index contributed by atoms with van der Waals surface area (Å²) in [6.45, 7) is 0.431. The van der Waals surface area contributed by atoms with Gasteiger partial charge in [0.1, 0.15) is 5.75 Å². The van der Waals surface area contributed by atoms with Gasteiger partial charge in [-0.2, -0.15) is 0 Å². The molecule has 1 saturated carbocycles. The van der Waals surface area contributed by atoms with Crippen LogP contribution in [0.1, 0.15) is 18.4 Å². The molecule has 0 spiro atoms. The molecule has 92 valence electrons. The lowest BCUT2D eigenvalue weighted by Gasteiger charge is -2.12. The molecular formula is C12H15BrN2O2. The number of hydrogen-bond donors (Lipinski definition) is 2. The van der Waals surface area contributed by atoms with Crippen LogP contribution in [0.5, 0.6) is 5.75 Å². The third-order valence-corrected chi connectivity index (χ3v) is 3.42. The van der Waals surface area contributed by atoms with Crippen LogP contribution in [0.3, 0.4) is 0 Å². The largest absolute Gasteiger partial charge is 0.496 e. The van der Waals surface area contributed by atoms with Crippen molar-refractivity contribution in [2.45, 2.75) is 24.9 Å². The number of benzene rings is 1. The number of nitrogens with two attached hydrogens (primary N) is 1. The average Bonchev–Trinajstić information content (AvgIpc) is 3.06. The van der Waals surface area contributed by atoms with Crippen molar-refractivity contribution in [1.82, 2.24) is 5.32 Å². The molecule has 0 heterocycles. The standard InChI is InChI=1S/C12H15BrN2O2/c1-17-10-3-2-9(13)6-8(10)7-15-11(16)12(14)4-5-12/h2-3,6H,4-5,7,14H2,1H3,(H,15,16). The molecule has 0 bridgehead atoms. The van der Waals surface area contributed by atoms with Crippen molar-refractivity contribution in [3.8, 4) is 5.75 Å². The van der Waals surface area contributed by atoms with Gasteiger partial charge in [0.2, 0.25) is 5.91 Å². The monoisotopic (exact) mass is 298 g/mol. The molecule has 4 nitrogen and oxygen atoms in total. The van der Waals surface area contributed by atoms with E-state index in [4.69, 9.17) is 10.5 Å². The second kappa shape index (κ2) is 4.66. The van der Waals surface area contributed by atoms with Gasteiger partial charge in [0, 0.05) is 16.6 Å². The van der Waals surface area contributed by atoms with Gasteiger partial charge in [0.15, 0.2) is 0 Å². The highest BCUT2D eigenvalue weighted by Gasteiger charge is 2.45. The number of halogens is 1. The Morgan fingerprint density at radius 3 is 2.88 bits per heavy atom. The van der Waals surface area contributed by atoms with Gasteiger partial charge in [-0.15, -0.1) is 0 Å². The van der Waals surface area contributed by atoms with Gasteiger partial charge in [-0.05, 0) is 31.0 Å². The minimum Gasteiger partial charge on any atom is -0.496 e. The Bertz CT molecular complexity index is 444. The molecule has 0 atom stereocenters. The fourth-order valence-electron chi connectivity index (χ4n) is 1.60. The Hall–Kier alpha value is -1.07. The van der Waals surface area contributed by atoms with Gasteiger partial charge < -0.3 is 15.8 Å². The van der Waals surface area contributed by atoms with Gasteiger partial charge in [0.05, 0.1) is 12.6 Å². The van der Waals surface area contributed by atoms with Crippen molar-refractivity contribution in [3.63, 3.8) is 0 Å². The first kappa shape index (κ1) is 12.4. The highest BCUT2D eigenvalue weighted by molar-refractivity contribution is 9.10. The highest BCUT2D eigenvalue weighted by Crippen LogP contribution is 2.32. The molecule has 0 radical (unpaired) electrons. The summed E-state index contributed by atoms with van der Waals surface area (Å²) in [5, 5.41) is 2.84. The van der Waals surface area contributed by atoms with Crippen LogP contribution in [-0.4, -0.2) is 18.6 Å². The number of carbonyl (C=O) groups is 1. The first-order valence-corrected chi connectivity index (χ1v) is 6.24. The lowest BCUT2D eigenvalue weighted by molar-refractivity contribution is -0.123. The zero-order valence-electron chi connectivity index (χ0n) is 9.63. The van der Waals surface area contributed by atoms with Crippen molar-refractivity contribution >= 4 is 21.8 Å². The van der Waals surface area contributed by atoms with E-state index in [1.807, 2.05) is 18.2 Å². The van der Waals surface area contributed by atoms with Crippen molar-refractivity contribution < 1.29 is 9.53 Å². The van der Waals surface area contributed by atoms with Crippen LogP contribution in [0, 0.1) is 0 Å². The van der Waals surface area contributed by atoms with Crippen LogP contribution < -0.4 is 15.8 Å². The van der Waals surface area contributed by atoms with Crippen molar-refractivity contribution in [3.05, 3.63) is 28.2 Å². The summed E-state index contributed by atoms with van der Waals surface area (Å²) in [7, 11) is 1.61. The zero-order chi connectivity index (χ0) is 12.5. The molecule has 1 aliphatic carbocycles. The maximum Gasteiger partial charge on any atom is 0.240 e. The minimum atomic E-state index is -0.626. The molecule has 1 amide bonds.